The number of carbonyl (C=O) groups excluding carboxylic acids is 1. The highest BCUT2D eigenvalue weighted by molar-refractivity contribution is 5.81. The van der Waals surface area contributed by atoms with Crippen molar-refractivity contribution in [3.63, 3.8) is 0 Å². The predicted octanol–water partition coefficient (Wildman–Crippen LogP) is 0.412. The van der Waals surface area contributed by atoms with E-state index in [1.807, 2.05) is 13.0 Å². The quantitative estimate of drug-likeness (QED) is 0.645. The van der Waals surface area contributed by atoms with Crippen molar-refractivity contribution >= 4 is 5.91 Å². The number of ether oxygens (including phenoxy) is 1. The monoisotopic (exact) mass is 291 g/mol. The van der Waals surface area contributed by atoms with E-state index in [0.717, 1.165) is 0 Å². The topological polar surface area (TPSA) is 94.4 Å². The second-order valence-corrected chi connectivity index (χ2v) is 4.63. The molecule has 3 N–H and O–H groups in total. The summed E-state index contributed by atoms with van der Waals surface area (Å²) >= 11 is 0. The second kappa shape index (κ2) is 8.95. The maximum Gasteiger partial charge on any atom is 0.236 e. The Labute approximate surface area is 124 Å². The zero-order valence-electron chi connectivity index (χ0n) is 12.3. The van der Waals surface area contributed by atoms with E-state index in [-0.39, 0.29) is 25.1 Å². The average molecular weight is 291 g/mol. The molecular formula is C15H21N3O3. The minimum Gasteiger partial charge on any atom is -0.491 e. The molecule has 6 heteroatoms. The first-order valence-electron chi connectivity index (χ1n) is 6.89. The molecule has 1 aromatic carbocycles. The summed E-state index contributed by atoms with van der Waals surface area (Å²) in [6.07, 6.45) is -0.725. The van der Waals surface area contributed by atoms with Crippen LogP contribution in [0.3, 0.4) is 0 Å². The van der Waals surface area contributed by atoms with Crippen molar-refractivity contribution in [1.29, 1.82) is 5.26 Å². The number of carbonyl (C=O) groups is 1. The number of nitrogens with zero attached hydrogens (tertiary/aromatic N) is 1. The minimum atomic E-state index is -0.725. The Morgan fingerprint density at radius 2 is 2.10 bits per heavy atom. The number of hydrogen-bond donors (Lipinski definition) is 3. The van der Waals surface area contributed by atoms with Crippen molar-refractivity contribution in [1.82, 2.24) is 10.6 Å². The number of hydrogen-bond acceptors (Lipinski definition) is 5. The molecule has 0 aromatic heterocycles. The lowest BCUT2D eigenvalue weighted by Gasteiger charge is -2.17. The van der Waals surface area contributed by atoms with Crippen LogP contribution < -0.4 is 15.4 Å². The van der Waals surface area contributed by atoms with Crippen LogP contribution >= 0.6 is 0 Å². The molecule has 114 valence electrons. The van der Waals surface area contributed by atoms with E-state index < -0.39 is 6.10 Å². The first-order chi connectivity index (χ1) is 10.1. The maximum absolute atomic E-state index is 11.5. The zero-order chi connectivity index (χ0) is 15.7. The number of benzene rings is 1. The molecule has 2 unspecified atom stereocenters. The van der Waals surface area contributed by atoms with E-state index in [1.54, 1.807) is 31.2 Å². The van der Waals surface area contributed by atoms with Crippen molar-refractivity contribution in [3.8, 4) is 11.8 Å². The second-order valence-electron chi connectivity index (χ2n) is 4.63. The maximum atomic E-state index is 11.5. The van der Waals surface area contributed by atoms with Crippen LogP contribution in [0, 0.1) is 11.3 Å². The molecule has 0 bridgehead atoms. The van der Waals surface area contributed by atoms with Gasteiger partial charge in [-0.2, -0.15) is 5.26 Å². The highest BCUT2D eigenvalue weighted by atomic mass is 16.5. The summed E-state index contributed by atoms with van der Waals surface area (Å²) in [5.41, 5.74) is 0.556. The molecule has 0 radical (unpaired) electrons. The van der Waals surface area contributed by atoms with Gasteiger partial charge in [-0.05, 0) is 38.1 Å². The van der Waals surface area contributed by atoms with Crippen LogP contribution in [0.15, 0.2) is 24.3 Å². The Balaban J connectivity index is 2.28. The van der Waals surface area contributed by atoms with Gasteiger partial charge < -0.3 is 20.5 Å². The fourth-order valence-electron chi connectivity index (χ4n) is 1.61. The van der Waals surface area contributed by atoms with E-state index in [0.29, 0.717) is 17.9 Å². The fraction of sp³-hybridized carbons (Fsp3) is 0.467. The molecule has 0 heterocycles. The number of rotatable bonds is 8. The molecule has 1 rings (SSSR count). The number of aliphatic hydroxyl groups is 1. The van der Waals surface area contributed by atoms with Crippen LogP contribution in [-0.4, -0.2) is 42.9 Å². The SMILES string of the molecule is CCNC(=O)C(C)NCC(O)COc1ccc(C#N)cc1. The Kier molecular flexibility index (Phi) is 7.23. The van der Waals surface area contributed by atoms with Crippen LogP contribution in [0.1, 0.15) is 19.4 Å². The van der Waals surface area contributed by atoms with Gasteiger partial charge in [0, 0.05) is 13.1 Å². The molecule has 0 saturated carbocycles. The number of nitriles is 1. The zero-order valence-corrected chi connectivity index (χ0v) is 12.3. The lowest BCUT2D eigenvalue weighted by Crippen LogP contribution is -2.45. The third kappa shape index (κ3) is 6.25. The first-order valence-corrected chi connectivity index (χ1v) is 6.89. The van der Waals surface area contributed by atoms with E-state index in [9.17, 15) is 9.90 Å². The highest BCUT2D eigenvalue weighted by Crippen LogP contribution is 2.11. The fourth-order valence-corrected chi connectivity index (χ4v) is 1.61. The van der Waals surface area contributed by atoms with Crippen LogP contribution in [0.5, 0.6) is 5.75 Å². The van der Waals surface area contributed by atoms with E-state index >= 15 is 0 Å². The molecule has 0 aliphatic rings. The molecule has 6 nitrogen and oxygen atoms in total. The van der Waals surface area contributed by atoms with Crippen molar-refractivity contribution in [2.24, 2.45) is 0 Å². The van der Waals surface area contributed by atoms with Gasteiger partial charge in [0.15, 0.2) is 0 Å². The summed E-state index contributed by atoms with van der Waals surface area (Å²) in [6, 6.07) is 8.31. The molecule has 2 atom stereocenters. The minimum absolute atomic E-state index is 0.0993. The van der Waals surface area contributed by atoms with Gasteiger partial charge >= 0.3 is 0 Å². The van der Waals surface area contributed by atoms with Crippen molar-refractivity contribution in [2.75, 3.05) is 19.7 Å². The van der Waals surface area contributed by atoms with Crippen molar-refractivity contribution in [2.45, 2.75) is 26.0 Å². The lowest BCUT2D eigenvalue weighted by molar-refractivity contribution is -0.122. The van der Waals surface area contributed by atoms with Gasteiger partial charge in [-0.3, -0.25) is 4.79 Å². The molecular weight excluding hydrogens is 270 g/mol. The van der Waals surface area contributed by atoms with Gasteiger partial charge in [-0.25, -0.2) is 0 Å². The van der Waals surface area contributed by atoms with Gasteiger partial charge in [0.1, 0.15) is 18.5 Å². The van der Waals surface area contributed by atoms with Gasteiger partial charge in [-0.15, -0.1) is 0 Å². The number of nitrogens with one attached hydrogen (secondary N) is 2. The Bertz CT molecular complexity index is 482. The van der Waals surface area contributed by atoms with E-state index in [1.165, 1.54) is 0 Å². The normalized spacial score (nSPS) is 13.0. The molecule has 1 amide bonds. The van der Waals surface area contributed by atoms with Crippen LogP contribution in [0.4, 0.5) is 0 Å². The Morgan fingerprint density at radius 3 is 2.67 bits per heavy atom. The molecule has 0 fully saturated rings. The molecule has 0 aliphatic heterocycles. The molecule has 21 heavy (non-hydrogen) atoms. The van der Waals surface area contributed by atoms with Crippen LogP contribution in [-0.2, 0) is 4.79 Å². The summed E-state index contributed by atoms with van der Waals surface area (Å²) in [6.45, 7) is 4.54. The summed E-state index contributed by atoms with van der Waals surface area (Å²) < 4.78 is 5.41. The van der Waals surface area contributed by atoms with Gasteiger partial charge in [0.25, 0.3) is 0 Å². The summed E-state index contributed by atoms with van der Waals surface area (Å²) in [4.78, 5) is 11.5. The summed E-state index contributed by atoms with van der Waals surface area (Å²) in [5.74, 6) is 0.488. The van der Waals surface area contributed by atoms with Gasteiger partial charge in [-0.1, -0.05) is 0 Å². The smallest absolute Gasteiger partial charge is 0.236 e. The average Bonchev–Trinajstić information content (AvgIpc) is 2.51. The van der Waals surface area contributed by atoms with E-state index in [4.69, 9.17) is 10.00 Å². The largest absolute Gasteiger partial charge is 0.491 e. The van der Waals surface area contributed by atoms with Crippen LogP contribution in [0.2, 0.25) is 0 Å². The molecule has 0 saturated heterocycles. The van der Waals surface area contributed by atoms with Gasteiger partial charge in [0.05, 0.1) is 17.7 Å². The molecule has 1 aromatic rings. The van der Waals surface area contributed by atoms with Crippen molar-refractivity contribution < 1.29 is 14.6 Å². The predicted molar refractivity (Wildman–Crippen MR) is 78.8 cm³/mol. The lowest BCUT2D eigenvalue weighted by atomic mass is 10.2. The first kappa shape index (κ1) is 17.0. The number of likely N-dealkylation sites (N-methyl/N-ethyl adjacent to an activating group) is 1. The molecule has 0 spiro atoms. The number of amides is 1. The third-order valence-electron chi connectivity index (χ3n) is 2.83. The summed E-state index contributed by atoms with van der Waals surface area (Å²) in [5, 5.41) is 24.1. The third-order valence-corrected chi connectivity index (χ3v) is 2.83. The Morgan fingerprint density at radius 1 is 1.43 bits per heavy atom. The summed E-state index contributed by atoms with van der Waals surface area (Å²) in [7, 11) is 0. The highest BCUT2D eigenvalue weighted by Gasteiger charge is 2.13. The van der Waals surface area contributed by atoms with Crippen LogP contribution in [0.25, 0.3) is 0 Å². The molecule has 0 aliphatic carbocycles. The van der Waals surface area contributed by atoms with Crippen molar-refractivity contribution in [3.05, 3.63) is 29.8 Å². The van der Waals surface area contributed by atoms with Gasteiger partial charge in [0.2, 0.25) is 5.91 Å². The Hall–Kier alpha value is -2.10. The standard InChI is InChI=1S/C15H21N3O3/c1-3-17-15(20)11(2)18-9-13(19)10-21-14-6-4-12(8-16)5-7-14/h4-7,11,13,18-19H,3,9-10H2,1-2H3,(H,17,20). The van der Waals surface area contributed by atoms with E-state index in [2.05, 4.69) is 10.6 Å². The number of aliphatic hydroxyl groups excluding tert-OH is 1.